The molecule has 0 spiro atoms. The van der Waals surface area contributed by atoms with Crippen LogP contribution in [0, 0.1) is 0 Å². The minimum absolute atomic E-state index is 0.0976. The predicted octanol–water partition coefficient (Wildman–Crippen LogP) is 11.1. The van der Waals surface area contributed by atoms with Crippen LogP contribution < -0.4 is 9.47 Å². The molecular formula is C42H45Br3O9. The van der Waals surface area contributed by atoms with Gasteiger partial charge in [-0.25, -0.2) is 14.4 Å². The Labute approximate surface area is 341 Å². The summed E-state index contributed by atoms with van der Waals surface area (Å²) in [6.07, 6.45) is 12.1. The molecular weight excluding hydrogens is 888 g/mol. The summed E-state index contributed by atoms with van der Waals surface area (Å²) in [6, 6.07) is 12.2. The van der Waals surface area contributed by atoms with Crippen LogP contribution in [0.1, 0.15) is 119 Å². The second kappa shape index (κ2) is 18.3. The van der Waals surface area contributed by atoms with E-state index >= 15 is 0 Å². The van der Waals surface area contributed by atoms with Gasteiger partial charge in [0.2, 0.25) is 0 Å². The van der Waals surface area contributed by atoms with E-state index < -0.39 is 5.97 Å². The fraction of sp³-hybridized carbons (Fsp3) is 0.405. The molecule has 0 radical (unpaired) electrons. The molecule has 2 fully saturated rings. The smallest absolute Gasteiger partial charge is 0.337 e. The molecule has 0 bridgehead atoms. The molecule has 1 N–H and O–H groups in total. The Morgan fingerprint density at radius 1 is 0.815 bits per heavy atom. The standard InChI is InChI=1S/3C14H15BrO3/c1-14-5-3-4-10(14)9-6-8(13(16)17-2)7-11(15)12(9)18-14;1-8-4-3-5-10(8)11-6-9(14(17)18-2)7-12(15)13(11)16;1-17-14(16)11-6-7-13(12(15)8-11)18-9-10-4-2-3-5-10/h6-7,10H,3-5H2,1-2H3;6-7,10,16H,1,3-5H2,2H3;4,6-8H,2-3,5,9H2,1H3/t10-,14-;;/m0../s1. The summed E-state index contributed by atoms with van der Waals surface area (Å²) in [5, 5.41) is 10.1. The number of fused-ring (bicyclic) bond motifs is 3. The van der Waals surface area contributed by atoms with Crippen LogP contribution in [-0.2, 0) is 14.2 Å². The number of esters is 3. The highest BCUT2D eigenvalue weighted by Gasteiger charge is 2.49. The number of aromatic hydroxyl groups is 1. The highest BCUT2D eigenvalue weighted by atomic mass is 79.9. The van der Waals surface area contributed by atoms with Crippen molar-refractivity contribution in [2.24, 2.45) is 0 Å². The van der Waals surface area contributed by atoms with Gasteiger partial charge >= 0.3 is 17.9 Å². The SMILES string of the molecule is C=C1CCCC1c1cc(C(=O)OC)cc(Br)c1O.COC(=O)c1cc(Br)c2c(c1)[C@@H]1CCC[C@]1(C)O2.COC(=O)c1ccc(OCC2=CCCC2)c(Br)c1. The van der Waals surface area contributed by atoms with Gasteiger partial charge < -0.3 is 28.8 Å². The molecule has 3 aromatic carbocycles. The van der Waals surface area contributed by atoms with Crippen molar-refractivity contribution in [3.8, 4) is 17.2 Å². The van der Waals surface area contributed by atoms with Crippen LogP contribution in [-0.4, -0.2) is 56.6 Å². The maximum Gasteiger partial charge on any atom is 0.337 e. The molecule has 3 atom stereocenters. The number of allylic oxidation sites excluding steroid dienone is 2. The van der Waals surface area contributed by atoms with E-state index in [9.17, 15) is 19.5 Å². The Hall–Kier alpha value is -3.61. The first kappa shape index (κ1) is 41.6. The normalized spacial score (nSPS) is 20.6. The zero-order chi connectivity index (χ0) is 39.2. The lowest BCUT2D eigenvalue weighted by Gasteiger charge is -2.23. The van der Waals surface area contributed by atoms with E-state index in [0.29, 0.717) is 33.7 Å². The number of methoxy groups -OCH3 is 3. The van der Waals surface area contributed by atoms with Gasteiger partial charge in [-0.1, -0.05) is 18.2 Å². The summed E-state index contributed by atoms with van der Waals surface area (Å²) in [5.74, 6) is 1.31. The Balaban J connectivity index is 0.000000156. The van der Waals surface area contributed by atoms with Gasteiger partial charge in [-0.2, -0.15) is 0 Å². The summed E-state index contributed by atoms with van der Waals surface area (Å²) >= 11 is 10.2. The molecule has 1 unspecified atom stereocenters. The first-order valence-corrected chi connectivity index (χ1v) is 20.3. The van der Waals surface area contributed by atoms with Crippen LogP contribution in [0.15, 0.2) is 79.7 Å². The van der Waals surface area contributed by atoms with Crippen LogP contribution in [0.4, 0.5) is 0 Å². The molecule has 1 aliphatic heterocycles. The molecule has 2 saturated carbocycles. The summed E-state index contributed by atoms with van der Waals surface area (Å²) in [5.41, 5.74) is 5.80. The summed E-state index contributed by atoms with van der Waals surface area (Å²) in [6.45, 7) is 6.82. The van der Waals surface area contributed by atoms with Gasteiger partial charge in [0.05, 0.1) is 51.4 Å². The van der Waals surface area contributed by atoms with Gasteiger partial charge in [-0.3, -0.25) is 0 Å². The van der Waals surface area contributed by atoms with E-state index in [1.807, 2.05) is 6.07 Å². The zero-order valence-electron chi connectivity index (χ0n) is 30.9. The fourth-order valence-corrected chi connectivity index (χ4v) is 9.03. The minimum Gasteiger partial charge on any atom is -0.506 e. The molecule has 7 rings (SSSR count). The first-order valence-electron chi connectivity index (χ1n) is 17.9. The Bertz CT molecular complexity index is 1960. The second-order valence-electron chi connectivity index (χ2n) is 13.9. The van der Waals surface area contributed by atoms with Gasteiger partial charge in [0, 0.05) is 23.0 Å². The largest absolute Gasteiger partial charge is 0.506 e. The molecule has 0 saturated heterocycles. The number of phenols is 1. The number of halogens is 3. The van der Waals surface area contributed by atoms with E-state index in [-0.39, 0.29) is 29.2 Å². The van der Waals surface area contributed by atoms with Gasteiger partial charge in [0.25, 0.3) is 0 Å². The van der Waals surface area contributed by atoms with Crippen molar-refractivity contribution in [2.75, 3.05) is 27.9 Å². The molecule has 54 heavy (non-hydrogen) atoms. The minimum atomic E-state index is -0.402. The molecule has 3 aliphatic carbocycles. The molecule has 9 nitrogen and oxygen atoms in total. The lowest BCUT2D eigenvalue weighted by Crippen LogP contribution is -2.29. The molecule has 12 heteroatoms. The molecule has 1 heterocycles. The molecule has 4 aliphatic rings. The summed E-state index contributed by atoms with van der Waals surface area (Å²) < 4.78 is 28.1. The topological polar surface area (TPSA) is 118 Å². The van der Waals surface area contributed by atoms with E-state index in [0.717, 1.165) is 82.1 Å². The average molecular weight is 934 g/mol. The highest BCUT2D eigenvalue weighted by molar-refractivity contribution is 9.11. The van der Waals surface area contributed by atoms with Crippen molar-refractivity contribution in [3.63, 3.8) is 0 Å². The Kier molecular flexibility index (Phi) is 14.1. The third kappa shape index (κ3) is 9.42. The van der Waals surface area contributed by atoms with Gasteiger partial charge in [0.15, 0.2) is 0 Å². The second-order valence-corrected chi connectivity index (χ2v) is 16.5. The molecule has 288 valence electrons. The lowest BCUT2D eigenvalue weighted by atomic mass is 9.88. The van der Waals surface area contributed by atoms with Crippen molar-refractivity contribution in [3.05, 3.63) is 108 Å². The monoisotopic (exact) mass is 930 g/mol. The Morgan fingerprint density at radius 3 is 2.04 bits per heavy atom. The molecule has 3 aromatic rings. The summed E-state index contributed by atoms with van der Waals surface area (Å²) in [7, 11) is 4.12. The average Bonchev–Trinajstić information content (AvgIpc) is 3.97. The van der Waals surface area contributed by atoms with Crippen molar-refractivity contribution in [1.82, 2.24) is 0 Å². The quantitative estimate of drug-likeness (QED) is 0.140. The van der Waals surface area contributed by atoms with E-state index in [2.05, 4.69) is 72.1 Å². The maximum absolute atomic E-state index is 11.7. The third-order valence-corrected chi connectivity index (χ3v) is 12.2. The zero-order valence-corrected chi connectivity index (χ0v) is 35.7. The van der Waals surface area contributed by atoms with Crippen molar-refractivity contribution in [2.45, 2.75) is 82.1 Å². The van der Waals surface area contributed by atoms with Gasteiger partial charge in [0.1, 0.15) is 29.5 Å². The van der Waals surface area contributed by atoms with Crippen molar-refractivity contribution < 1.29 is 43.2 Å². The number of phenolic OH excluding ortho intramolecular Hbond substituents is 1. The molecule has 0 amide bonds. The number of hydrogen-bond donors (Lipinski definition) is 1. The van der Waals surface area contributed by atoms with Crippen LogP contribution in [0.3, 0.4) is 0 Å². The van der Waals surface area contributed by atoms with Crippen molar-refractivity contribution >= 4 is 65.7 Å². The summed E-state index contributed by atoms with van der Waals surface area (Å²) in [4.78, 5) is 34.6. The van der Waals surface area contributed by atoms with E-state index in [1.54, 1.807) is 36.4 Å². The molecule has 0 aromatic heterocycles. The van der Waals surface area contributed by atoms with Crippen molar-refractivity contribution in [1.29, 1.82) is 0 Å². The maximum atomic E-state index is 11.7. The van der Waals surface area contributed by atoms with E-state index in [1.165, 1.54) is 39.7 Å². The number of rotatable bonds is 7. The first-order chi connectivity index (χ1) is 25.8. The van der Waals surface area contributed by atoms with Crippen LogP contribution >= 0.6 is 47.8 Å². The van der Waals surface area contributed by atoms with E-state index in [4.69, 9.17) is 18.9 Å². The Morgan fingerprint density at radius 2 is 1.44 bits per heavy atom. The van der Waals surface area contributed by atoms with Crippen LogP contribution in [0.5, 0.6) is 17.2 Å². The van der Waals surface area contributed by atoms with Crippen LogP contribution in [0.2, 0.25) is 0 Å². The predicted molar refractivity (Wildman–Crippen MR) is 217 cm³/mol. The number of hydrogen-bond acceptors (Lipinski definition) is 9. The van der Waals surface area contributed by atoms with Gasteiger partial charge in [-0.15, -0.1) is 0 Å². The van der Waals surface area contributed by atoms with Crippen LogP contribution in [0.25, 0.3) is 0 Å². The fourth-order valence-electron chi connectivity index (χ4n) is 7.50. The number of carbonyl (C=O) groups is 3. The highest BCUT2D eigenvalue weighted by Crippen LogP contribution is 2.56. The lowest BCUT2D eigenvalue weighted by molar-refractivity contribution is 0.0591. The van der Waals surface area contributed by atoms with Gasteiger partial charge in [-0.05, 0) is 161 Å². The number of carbonyl (C=O) groups excluding carboxylic acids is 3. The number of benzene rings is 3. The third-order valence-electron chi connectivity index (χ3n) is 10.4. The number of ether oxygens (including phenoxy) is 5.